The number of nitrogens with one attached hydrogen (secondary N) is 1. The van der Waals surface area contributed by atoms with Crippen LogP contribution >= 0.6 is 0 Å². The molecule has 27 heavy (non-hydrogen) atoms. The Hall–Kier alpha value is -3.28. The molecular formula is C21H21N3O3. The molecule has 0 bridgehead atoms. The summed E-state index contributed by atoms with van der Waals surface area (Å²) in [5, 5.41) is 2.70. The highest BCUT2D eigenvalue weighted by atomic mass is 16.4. The van der Waals surface area contributed by atoms with Crippen molar-refractivity contribution in [2.75, 3.05) is 0 Å². The molecule has 6 nitrogen and oxygen atoms in total. The average molecular weight is 363 g/mol. The number of amides is 1. The molecule has 0 atom stereocenters. The van der Waals surface area contributed by atoms with E-state index in [1.54, 1.807) is 19.2 Å². The standard InChI is InChI=1S/C21H21N3O3/c1-14-7-3-4-9-18(14)21-24-19(15(2)27-21)11-17(25)12-20(26)23-13-16-8-5-6-10-22-16/h3-10H,11-13H2,1-2H3,(H,23,26). The Labute approximate surface area is 157 Å². The summed E-state index contributed by atoms with van der Waals surface area (Å²) in [5.41, 5.74) is 3.25. The van der Waals surface area contributed by atoms with Gasteiger partial charge in [-0.1, -0.05) is 24.3 Å². The van der Waals surface area contributed by atoms with Crippen molar-refractivity contribution in [2.24, 2.45) is 0 Å². The Bertz CT molecular complexity index is 948. The van der Waals surface area contributed by atoms with Gasteiger partial charge in [-0.3, -0.25) is 14.6 Å². The third-order valence-corrected chi connectivity index (χ3v) is 4.18. The van der Waals surface area contributed by atoms with Gasteiger partial charge in [0.25, 0.3) is 0 Å². The lowest BCUT2D eigenvalue weighted by Gasteiger charge is -2.04. The molecule has 1 amide bonds. The van der Waals surface area contributed by atoms with Gasteiger partial charge in [-0.25, -0.2) is 4.98 Å². The highest BCUT2D eigenvalue weighted by Gasteiger charge is 2.17. The zero-order valence-electron chi connectivity index (χ0n) is 15.4. The fourth-order valence-electron chi connectivity index (χ4n) is 2.70. The third kappa shape index (κ3) is 4.88. The van der Waals surface area contributed by atoms with Gasteiger partial charge in [0.2, 0.25) is 11.8 Å². The van der Waals surface area contributed by atoms with E-state index in [1.807, 2.05) is 43.3 Å². The van der Waals surface area contributed by atoms with Gasteiger partial charge in [-0.2, -0.15) is 0 Å². The number of pyridine rings is 1. The van der Waals surface area contributed by atoms with Gasteiger partial charge in [-0.15, -0.1) is 0 Å². The van der Waals surface area contributed by atoms with Crippen molar-refractivity contribution < 1.29 is 14.0 Å². The predicted molar refractivity (Wildman–Crippen MR) is 101 cm³/mol. The molecule has 0 spiro atoms. The SMILES string of the molecule is Cc1ccccc1-c1nc(CC(=O)CC(=O)NCc2ccccn2)c(C)o1. The number of nitrogens with zero attached hydrogens (tertiary/aromatic N) is 2. The lowest BCUT2D eigenvalue weighted by Crippen LogP contribution is -2.26. The molecule has 3 aromatic rings. The zero-order valence-corrected chi connectivity index (χ0v) is 15.4. The first-order chi connectivity index (χ1) is 13.0. The number of aromatic nitrogens is 2. The monoisotopic (exact) mass is 363 g/mol. The van der Waals surface area contributed by atoms with Gasteiger partial charge >= 0.3 is 0 Å². The number of rotatable bonds is 7. The minimum atomic E-state index is -0.328. The van der Waals surface area contributed by atoms with Crippen LogP contribution in [0.1, 0.15) is 29.1 Å². The van der Waals surface area contributed by atoms with Crippen LogP contribution in [0.4, 0.5) is 0 Å². The van der Waals surface area contributed by atoms with Crippen molar-refractivity contribution in [3.05, 3.63) is 71.4 Å². The number of benzene rings is 1. The van der Waals surface area contributed by atoms with Gasteiger partial charge in [-0.05, 0) is 37.6 Å². The molecule has 0 aliphatic carbocycles. The molecule has 0 fully saturated rings. The second-order valence-corrected chi connectivity index (χ2v) is 6.33. The van der Waals surface area contributed by atoms with Crippen molar-refractivity contribution >= 4 is 11.7 Å². The molecule has 0 saturated heterocycles. The molecule has 0 radical (unpaired) electrons. The van der Waals surface area contributed by atoms with E-state index >= 15 is 0 Å². The first-order valence-corrected chi connectivity index (χ1v) is 8.73. The number of aryl methyl sites for hydroxylation is 2. The van der Waals surface area contributed by atoms with Crippen LogP contribution in [0.2, 0.25) is 0 Å². The molecule has 2 heterocycles. The summed E-state index contributed by atoms with van der Waals surface area (Å²) in [5.74, 6) is 0.552. The van der Waals surface area contributed by atoms with Crippen LogP contribution in [0.5, 0.6) is 0 Å². The molecule has 0 aliphatic heterocycles. The summed E-state index contributed by atoms with van der Waals surface area (Å²) in [7, 11) is 0. The highest BCUT2D eigenvalue weighted by Crippen LogP contribution is 2.25. The van der Waals surface area contributed by atoms with E-state index < -0.39 is 0 Å². The molecule has 2 aromatic heterocycles. The molecule has 1 N–H and O–H groups in total. The minimum absolute atomic E-state index is 0.0677. The molecule has 0 saturated carbocycles. The van der Waals surface area contributed by atoms with Crippen molar-refractivity contribution in [1.29, 1.82) is 0 Å². The van der Waals surface area contributed by atoms with Crippen LogP contribution < -0.4 is 5.32 Å². The van der Waals surface area contributed by atoms with Crippen LogP contribution in [-0.2, 0) is 22.6 Å². The fraction of sp³-hybridized carbons (Fsp3) is 0.238. The summed E-state index contributed by atoms with van der Waals surface area (Å²) >= 11 is 0. The second kappa shape index (κ2) is 8.40. The lowest BCUT2D eigenvalue weighted by atomic mass is 10.1. The second-order valence-electron chi connectivity index (χ2n) is 6.33. The number of carbonyl (C=O) groups is 2. The molecule has 0 aliphatic rings. The summed E-state index contributed by atoms with van der Waals surface area (Å²) in [6.45, 7) is 4.05. The number of Topliss-reactive ketones (excluding diaryl/α,β-unsaturated/α-hetero) is 1. The van der Waals surface area contributed by atoms with Crippen LogP contribution in [0.15, 0.2) is 53.1 Å². The van der Waals surface area contributed by atoms with E-state index in [2.05, 4.69) is 15.3 Å². The highest BCUT2D eigenvalue weighted by molar-refractivity contribution is 5.98. The molecule has 1 aromatic carbocycles. The first kappa shape index (κ1) is 18.5. The van der Waals surface area contributed by atoms with E-state index in [0.717, 1.165) is 16.8 Å². The van der Waals surface area contributed by atoms with Crippen molar-refractivity contribution in [1.82, 2.24) is 15.3 Å². The van der Waals surface area contributed by atoms with Crippen LogP contribution in [-0.4, -0.2) is 21.7 Å². The number of oxazole rings is 1. The van der Waals surface area contributed by atoms with E-state index in [-0.39, 0.29) is 24.5 Å². The Morgan fingerprint density at radius 1 is 1.07 bits per heavy atom. The van der Waals surface area contributed by atoms with Crippen LogP contribution in [0.3, 0.4) is 0 Å². The Morgan fingerprint density at radius 2 is 1.85 bits per heavy atom. The Morgan fingerprint density at radius 3 is 2.59 bits per heavy atom. The molecule has 3 rings (SSSR count). The summed E-state index contributed by atoms with van der Waals surface area (Å²) in [4.78, 5) is 32.8. The quantitative estimate of drug-likeness (QED) is 0.652. The summed E-state index contributed by atoms with van der Waals surface area (Å²) in [6.07, 6.45) is 1.53. The maximum Gasteiger partial charge on any atom is 0.227 e. The molecular weight excluding hydrogens is 342 g/mol. The van der Waals surface area contributed by atoms with Crippen molar-refractivity contribution in [3.63, 3.8) is 0 Å². The van der Waals surface area contributed by atoms with Gasteiger partial charge in [0, 0.05) is 11.8 Å². The first-order valence-electron chi connectivity index (χ1n) is 8.73. The Kier molecular flexibility index (Phi) is 5.76. The number of carbonyl (C=O) groups excluding carboxylic acids is 2. The zero-order chi connectivity index (χ0) is 19.2. The average Bonchev–Trinajstić information content (AvgIpc) is 3.01. The number of hydrogen-bond donors (Lipinski definition) is 1. The largest absolute Gasteiger partial charge is 0.441 e. The Balaban J connectivity index is 1.58. The van der Waals surface area contributed by atoms with Gasteiger partial charge in [0.05, 0.1) is 30.8 Å². The van der Waals surface area contributed by atoms with Gasteiger partial charge in [0.15, 0.2) is 0 Å². The van der Waals surface area contributed by atoms with E-state index in [0.29, 0.717) is 23.9 Å². The van der Waals surface area contributed by atoms with Gasteiger partial charge in [0.1, 0.15) is 11.5 Å². The molecule has 0 unspecified atom stereocenters. The normalized spacial score (nSPS) is 10.6. The van der Waals surface area contributed by atoms with Gasteiger partial charge < -0.3 is 9.73 Å². The lowest BCUT2D eigenvalue weighted by molar-refractivity contribution is -0.128. The predicted octanol–water partition coefficient (Wildman–Crippen LogP) is 3.17. The van der Waals surface area contributed by atoms with Crippen molar-refractivity contribution in [2.45, 2.75) is 33.2 Å². The smallest absolute Gasteiger partial charge is 0.227 e. The van der Waals surface area contributed by atoms with E-state index in [4.69, 9.17) is 4.42 Å². The van der Waals surface area contributed by atoms with Crippen molar-refractivity contribution in [3.8, 4) is 11.5 Å². The fourth-order valence-corrected chi connectivity index (χ4v) is 2.70. The molecule has 138 valence electrons. The van der Waals surface area contributed by atoms with Crippen LogP contribution in [0, 0.1) is 13.8 Å². The van der Waals surface area contributed by atoms with E-state index in [9.17, 15) is 9.59 Å². The maximum absolute atomic E-state index is 12.2. The van der Waals surface area contributed by atoms with Crippen LogP contribution in [0.25, 0.3) is 11.5 Å². The summed E-state index contributed by atoms with van der Waals surface area (Å²) in [6, 6.07) is 13.2. The van der Waals surface area contributed by atoms with E-state index in [1.165, 1.54) is 0 Å². The molecule has 6 heteroatoms. The number of hydrogen-bond acceptors (Lipinski definition) is 5. The summed E-state index contributed by atoms with van der Waals surface area (Å²) < 4.78 is 5.72. The number of ketones is 1. The maximum atomic E-state index is 12.2. The topological polar surface area (TPSA) is 85.1 Å². The minimum Gasteiger partial charge on any atom is -0.441 e. The third-order valence-electron chi connectivity index (χ3n) is 4.18.